The summed E-state index contributed by atoms with van der Waals surface area (Å²) in [5, 5.41) is 8.98. The van der Waals surface area contributed by atoms with Crippen LogP contribution in [-0.2, 0) is 4.79 Å². The molecule has 3 unspecified atom stereocenters. The van der Waals surface area contributed by atoms with Gasteiger partial charge in [-0.05, 0) is 25.3 Å². The molecule has 0 aromatic heterocycles. The molecule has 3 atom stereocenters. The average molecular weight is 265 g/mol. The number of carboxylic acid groups (broad SMARTS) is 1. The van der Waals surface area contributed by atoms with E-state index in [1.165, 1.54) is 0 Å². The molecule has 1 aliphatic carbocycles. The lowest BCUT2D eigenvalue weighted by Gasteiger charge is -2.19. The molecular weight excluding hydrogens is 246 g/mol. The van der Waals surface area contributed by atoms with Crippen LogP contribution in [0.3, 0.4) is 0 Å². The highest BCUT2D eigenvalue weighted by Gasteiger charge is 2.47. The first-order chi connectivity index (χ1) is 9.01. The number of carbonyl (C=O) groups is 1. The molecular formula is C14H19NO4. The van der Waals surface area contributed by atoms with Crippen molar-refractivity contribution in [3.8, 4) is 11.5 Å². The van der Waals surface area contributed by atoms with E-state index in [0.717, 1.165) is 16.9 Å². The summed E-state index contributed by atoms with van der Waals surface area (Å²) in [4.78, 5) is 10.9. The fourth-order valence-electron chi connectivity index (χ4n) is 2.58. The van der Waals surface area contributed by atoms with E-state index in [2.05, 4.69) is 0 Å². The Morgan fingerprint density at radius 3 is 2.58 bits per heavy atom. The second kappa shape index (κ2) is 5.09. The molecule has 5 nitrogen and oxygen atoms in total. The van der Waals surface area contributed by atoms with Crippen molar-refractivity contribution in [3.63, 3.8) is 0 Å². The van der Waals surface area contributed by atoms with E-state index in [-0.39, 0.29) is 17.9 Å². The minimum atomic E-state index is -0.773. The maximum absolute atomic E-state index is 10.9. The van der Waals surface area contributed by atoms with Gasteiger partial charge in [-0.25, -0.2) is 0 Å². The van der Waals surface area contributed by atoms with Crippen molar-refractivity contribution in [2.45, 2.75) is 19.4 Å². The maximum Gasteiger partial charge on any atom is 0.306 e. The van der Waals surface area contributed by atoms with Crippen LogP contribution in [-0.4, -0.2) is 25.3 Å². The van der Waals surface area contributed by atoms with Gasteiger partial charge in [-0.3, -0.25) is 4.79 Å². The van der Waals surface area contributed by atoms with Gasteiger partial charge in [0.15, 0.2) is 0 Å². The Morgan fingerprint density at radius 1 is 1.42 bits per heavy atom. The van der Waals surface area contributed by atoms with E-state index in [9.17, 15) is 4.79 Å². The highest BCUT2D eigenvalue weighted by molar-refractivity contribution is 5.73. The third-order valence-corrected chi connectivity index (χ3v) is 3.79. The molecule has 104 valence electrons. The normalized spacial score (nSPS) is 22.7. The fourth-order valence-corrected chi connectivity index (χ4v) is 2.58. The summed E-state index contributed by atoms with van der Waals surface area (Å²) in [6.45, 7) is 1.90. The van der Waals surface area contributed by atoms with Gasteiger partial charge in [0, 0.05) is 17.2 Å². The van der Waals surface area contributed by atoms with Crippen LogP contribution in [0.5, 0.6) is 11.5 Å². The van der Waals surface area contributed by atoms with Gasteiger partial charge in [-0.15, -0.1) is 0 Å². The second-order valence-corrected chi connectivity index (χ2v) is 4.89. The minimum Gasteiger partial charge on any atom is -0.496 e. The van der Waals surface area contributed by atoms with E-state index in [4.69, 9.17) is 20.3 Å². The summed E-state index contributed by atoms with van der Waals surface area (Å²) < 4.78 is 10.6. The topological polar surface area (TPSA) is 81.8 Å². The molecule has 0 aliphatic heterocycles. The summed E-state index contributed by atoms with van der Waals surface area (Å²) in [5.74, 6) is 0.298. The Labute approximate surface area is 112 Å². The Kier molecular flexibility index (Phi) is 3.66. The Morgan fingerprint density at radius 2 is 2.11 bits per heavy atom. The van der Waals surface area contributed by atoms with Crippen LogP contribution in [0.25, 0.3) is 0 Å². The molecule has 1 aliphatic rings. The van der Waals surface area contributed by atoms with Crippen LogP contribution in [0.15, 0.2) is 12.1 Å². The number of nitrogens with two attached hydrogens (primary N) is 1. The zero-order chi connectivity index (χ0) is 14.2. The Balaban J connectivity index is 2.30. The van der Waals surface area contributed by atoms with Crippen LogP contribution in [0.2, 0.25) is 0 Å². The molecule has 0 spiro atoms. The predicted molar refractivity (Wildman–Crippen MR) is 70.4 cm³/mol. The summed E-state index contributed by atoms with van der Waals surface area (Å²) in [5.41, 5.74) is 7.90. The number of methoxy groups -OCH3 is 2. The first-order valence-electron chi connectivity index (χ1n) is 6.21. The lowest BCUT2D eigenvalue weighted by Crippen LogP contribution is -2.17. The van der Waals surface area contributed by atoms with Crippen molar-refractivity contribution >= 4 is 5.97 Å². The third kappa shape index (κ3) is 2.38. The van der Waals surface area contributed by atoms with Crippen LogP contribution in [0.1, 0.15) is 23.6 Å². The summed E-state index contributed by atoms with van der Waals surface area (Å²) in [7, 11) is 3.18. The standard InChI is InChI=1S/C14H19NO4/c1-7-11(18-2)5-4-8(13(7)19-3)12(15)9-6-10(9)14(16)17/h4-5,9-10,12H,6,15H2,1-3H3,(H,16,17). The molecule has 3 N–H and O–H groups in total. The number of benzene rings is 1. The summed E-state index contributed by atoms with van der Waals surface area (Å²) >= 11 is 0. The average Bonchev–Trinajstić information content (AvgIpc) is 3.17. The maximum atomic E-state index is 10.9. The third-order valence-electron chi connectivity index (χ3n) is 3.79. The number of hydrogen-bond acceptors (Lipinski definition) is 4. The predicted octanol–water partition coefficient (Wildman–Crippen LogP) is 1.73. The van der Waals surface area contributed by atoms with Crippen molar-refractivity contribution in [1.82, 2.24) is 0 Å². The van der Waals surface area contributed by atoms with Crippen LogP contribution in [0, 0.1) is 18.8 Å². The van der Waals surface area contributed by atoms with Gasteiger partial charge in [0.05, 0.1) is 20.1 Å². The molecule has 1 aromatic rings. The molecule has 0 saturated heterocycles. The fraction of sp³-hybridized carbons (Fsp3) is 0.500. The monoisotopic (exact) mass is 265 g/mol. The van der Waals surface area contributed by atoms with Gasteiger partial charge in [0.1, 0.15) is 11.5 Å². The number of hydrogen-bond donors (Lipinski definition) is 2. The molecule has 0 heterocycles. The molecule has 1 aromatic carbocycles. The number of ether oxygens (including phenoxy) is 2. The molecule has 1 fully saturated rings. The van der Waals surface area contributed by atoms with Gasteiger partial charge in [0.2, 0.25) is 0 Å². The van der Waals surface area contributed by atoms with Crippen molar-refractivity contribution in [1.29, 1.82) is 0 Å². The van der Waals surface area contributed by atoms with Crippen LogP contribution in [0.4, 0.5) is 0 Å². The van der Waals surface area contributed by atoms with E-state index in [1.807, 2.05) is 19.1 Å². The second-order valence-electron chi connectivity index (χ2n) is 4.89. The van der Waals surface area contributed by atoms with E-state index >= 15 is 0 Å². The Bertz CT molecular complexity index is 500. The van der Waals surface area contributed by atoms with Gasteiger partial charge in [-0.1, -0.05) is 6.07 Å². The largest absolute Gasteiger partial charge is 0.496 e. The number of rotatable bonds is 5. The smallest absolute Gasteiger partial charge is 0.306 e. The highest BCUT2D eigenvalue weighted by atomic mass is 16.5. The first-order valence-corrected chi connectivity index (χ1v) is 6.21. The number of aliphatic carboxylic acids is 1. The van der Waals surface area contributed by atoms with Crippen molar-refractivity contribution in [2.75, 3.05) is 14.2 Å². The van der Waals surface area contributed by atoms with Crippen molar-refractivity contribution in [3.05, 3.63) is 23.3 Å². The molecule has 5 heteroatoms. The van der Waals surface area contributed by atoms with Gasteiger partial charge in [0.25, 0.3) is 0 Å². The SMILES string of the molecule is COc1ccc(C(N)C2CC2C(=O)O)c(OC)c1C. The van der Waals surface area contributed by atoms with Crippen LogP contribution < -0.4 is 15.2 Å². The van der Waals surface area contributed by atoms with E-state index in [1.54, 1.807) is 14.2 Å². The molecule has 19 heavy (non-hydrogen) atoms. The Hall–Kier alpha value is -1.75. The highest BCUT2D eigenvalue weighted by Crippen LogP contribution is 2.49. The molecule has 0 bridgehead atoms. The van der Waals surface area contributed by atoms with Crippen molar-refractivity contribution < 1.29 is 19.4 Å². The minimum absolute atomic E-state index is 0.0146. The van der Waals surface area contributed by atoms with Crippen molar-refractivity contribution in [2.24, 2.45) is 17.6 Å². The number of carboxylic acids is 1. The molecule has 0 amide bonds. The zero-order valence-electron chi connectivity index (χ0n) is 11.3. The van der Waals surface area contributed by atoms with E-state index in [0.29, 0.717) is 12.2 Å². The lowest BCUT2D eigenvalue weighted by molar-refractivity contribution is -0.138. The quantitative estimate of drug-likeness (QED) is 0.847. The van der Waals surface area contributed by atoms with Gasteiger partial charge in [-0.2, -0.15) is 0 Å². The first kappa shape index (κ1) is 13.7. The van der Waals surface area contributed by atoms with Gasteiger partial charge < -0.3 is 20.3 Å². The zero-order valence-corrected chi connectivity index (χ0v) is 11.3. The molecule has 2 rings (SSSR count). The molecule has 1 saturated carbocycles. The van der Waals surface area contributed by atoms with Gasteiger partial charge >= 0.3 is 5.97 Å². The lowest BCUT2D eigenvalue weighted by atomic mass is 9.98. The van der Waals surface area contributed by atoms with E-state index < -0.39 is 5.97 Å². The molecule has 0 radical (unpaired) electrons. The summed E-state index contributed by atoms with van der Waals surface area (Å²) in [6.07, 6.45) is 0.630. The van der Waals surface area contributed by atoms with Crippen LogP contribution >= 0.6 is 0 Å². The summed E-state index contributed by atoms with van der Waals surface area (Å²) in [6, 6.07) is 3.37.